The van der Waals surface area contributed by atoms with Gasteiger partial charge in [0.1, 0.15) is 0 Å². The number of aliphatic hydroxyl groups excluding tert-OH is 1. The zero-order chi connectivity index (χ0) is 14.1. The van der Waals surface area contributed by atoms with Crippen molar-refractivity contribution in [1.29, 1.82) is 0 Å². The number of H-pyrrole nitrogens is 1. The third kappa shape index (κ3) is 2.45. The van der Waals surface area contributed by atoms with Crippen molar-refractivity contribution in [1.82, 2.24) is 14.9 Å². The Morgan fingerprint density at radius 3 is 3.15 bits per heavy atom. The fourth-order valence-corrected chi connectivity index (χ4v) is 3.32. The van der Waals surface area contributed by atoms with Crippen LogP contribution in [-0.2, 0) is 16.0 Å². The van der Waals surface area contributed by atoms with Crippen LogP contribution in [0.15, 0.2) is 6.33 Å². The Morgan fingerprint density at radius 2 is 2.45 bits per heavy atom. The lowest BCUT2D eigenvalue weighted by Gasteiger charge is -2.37. The summed E-state index contributed by atoms with van der Waals surface area (Å²) in [6, 6.07) is 0.118. The number of hydrogen-bond acceptors (Lipinski definition) is 4. The molecule has 2 fully saturated rings. The summed E-state index contributed by atoms with van der Waals surface area (Å²) >= 11 is 0. The Hall–Kier alpha value is -1.40. The number of nitrogens with one attached hydrogen (secondary N) is 1. The predicted molar refractivity (Wildman–Crippen MR) is 72.1 cm³/mol. The highest BCUT2D eigenvalue weighted by molar-refractivity contribution is 5.79. The highest BCUT2D eigenvalue weighted by Crippen LogP contribution is 2.34. The smallest absolute Gasteiger partial charge is 0.229 e. The number of hydrogen-bond donors (Lipinski definition) is 2. The summed E-state index contributed by atoms with van der Waals surface area (Å²) in [6.07, 6.45) is 3.74. The average Bonchev–Trinajstić information content (AvgIpc) is 3.04. The number of aliphatic hydroxyl groups is 1. The lowest BCUT2D eigenvalue weighted by Crippen LogP contribution is -2.51. The van der Waals surface area contributed by atoms with Crippen LogP contribution in [0.25, 0.3) is 0 Å². The maximum absolute atomic E-state index is 12.5. The van der Waals surface area contributed by atoms with Crippen LogP contribution in [0, 0.1) is 12.8 Å². The lowest BCUT2D eigenvalue weighted by atomic mass is 10.1. The fraction of sp³-hybridized carbons (Fsp3) is 0.714. The number of aryl methyl sites for hydroxylation is 1. The molecule has 6 nitrogen and oxygen atoms in total. The van der Waals surface area contributed by atoms with Crippen LogP contribution in [0.5, 0.6) is 0 Å². The SMILES string of the molecule is Cc1[nH]cnc1CC(=O)N1CCO[C@H]2C[C@H](CO)C[C@@H]21. The van der Waals surface area contributed by atoms with Crippen LogP contribution in [0.1, 0.15) is 24.2 Å². The second-order valence-corrected chi connectivity index (χ2v) is 5.73. The molecular weight excluding hydrogens is 258 g/mol. The van der Waals surface area contributed by atoms with Crippen LogP contribution in [0.2, 0.25) is 0 Å². The molecule has 1 aliphatic heterocycles. The highest BCUT2D eigenvalue weighted by atomic mass is 16.5. The Kier molecular flexibility index (Phi) is 3.76. The van der Waals surface area contributed by atoms with Crippen molar-refractivity contribution in [3.05, 3.63) is 17.7 Å². The molecule has 1 aromatic rings. The summed E-state index contributed by atoms with van der Waals surface area (Å²) < 4.78 is 5.75. The molecule has 2 aliphatic rings. The van der Waals surface area contributed by atoms with Gasteiger partial charge in [-0.1, -0.05) is 0 Å². The van der Waals surface area contributed by atoms with E-state index in [1.807, 2.05) is 11.8 Å². The first-order chi connectivity index (χ1) is 9.69. The largest absolute Gasteiger partial charge is 0.396 e. The third-order valence-electron chi connectivity index (χ3n) is 4.47. The Balaban J connectivity index is 1.69. The number of carbonyl (C=O) groups excluding carboxylic acids is 1. The minimum Gasteiger partial charge on any atom is -0.396 e. The molecule has 0 radical (unpaired) electrons. The lowest BCUT2D eigenvalue weighted by molar-refractivity contribution is -0.143. The van der Waals surface area contributed by atoms with Crippen molar-refractivity contribution >= 4 is 5.91 Å². The van der Waals surface area contributed by atoms with E-state index in [-0.39, 0.29) is 30.6 Å². The normalized spacial score (nSPS) is 29.5. The van der Waals surface area contributed by atoms with Crippen molar-refractivity contribution in [2.75, 3.05) is 19.8 Å². The predicted octanol–water partition coefficient (Wildman–Crippen LogP) is 0.259. The van der Waals surface area contributed by atoms with E-state index in [0.29, 0.717) is 19.6 Å². The quantitative estimate of drug-likeness (QED) is 0.832. The minimum atomic E-state index is 0.0881. The molecule has 3 rings (SSSR count). The molecule has 0 aromatic carbocycles. The van der Waals surface area contributed by atoms with E-state index < -0.39 is 0 Å². The second kappa shape index (κ2) is 5.54. The summed E-state index contributed by atoms with van der Waals surface area (Å²) in [7, 11) is 0. The van der Waals surface area contributed by atoms with Gasteiger partial charge in [-0.3, -0.25) is 4.79 Å². The molecule has 1 aliphatic carbocycles. The zero-order valence-electron chi connectivity index (χ0n) is 11.7. The molecule has 1 amide bonds. The highest BCUT2D eigenvalue weighted by Gasteiger charge is 2.42. The number of rotatable bonds is 3. The van der Waals surface area contributed by atoms with Gasteiger partial charge in [0.25, 0.3) is 0 Å². The van der Waals surface area contributed by atoms with Crippen molar-refractivity contribution < 1.29 is 14.6 Å². The average molecular weight is 279 g/mol. The molecule has 6 heteroatoms. The Bertz CT molecular complexity index is 488. The fourth-order valence-electron chi connectivity index (χ4n) is 3.32. The van der Waals surface area contributed by atoms with Gasteiger partial charge in [-0.15, -0.1) is 0 Å². The van der Waals surface area contributed by atoms with Gasteiger partial charge in [0.15, 0.2) is 0 Å². The number of carbonyl (C=O) groups is 1. The van der Waals surface area contributed by atoms with E-state index in [2.05, 4.69) is 9.97 Å². The number of fused-ring (bicyclic) bond motifs is 1. The zero-order valence-corrected chi connectivity index (χ0v) is 11.7. The van der Waals surface area contributed by atoms with E-state index in [4.69, 9.17) is 4.74 Å². The number of nitrogens with zero attached hydrogens (tertiary/aromatic N) is 2. The topological polar surface area (TPSA) is 78.5 Å². The molecule has 1 saturated carbocycles. The molecule has 0 unspecified atom stereocenters. The van der Waals surface area contributed by atoms with Crippen molar-refractivity contribution in [2.45, 2.75) is 38.3 Å². The molecule has 1 aromatic heterocycles. The third-order valence-corrected chi connectivity index (χ3v) is 4.47. The molecule has 3 atom stereocenters. The number of amides is 1. The van der Waals surface area contributed by atoms with Crippen LogP contribution in [0.4, 0.5) is 0 Å². The molecule has 1 saturated heterocycles. The van der Waals surface area contributed by atoms with E-state index >= 15 is 0 Å². The van der Waals surface area contributed by atoms with Crippen LogP contribution >= 0.6 is 0 Å². The first-order valence-corrected chi connectivity index (χ1v) is 7.19. The summed E-state index contributed by atoms with van der Waals surface area (Å²) in [6.45, 7) is 3.33. The van der Waals surface area contributed by atoms with Gasteiger partial charge in [0.2, 0.25) is 5.91 Å². The molecule has 20 heavy (non-hydrogen) atoms. The van der Waals surface area contributed by atoms with Crippen LogP contribution in [-0.4, -0.2) is 57.8 Å². The van der Waals surface area contributed by atoms with Gasteiger partial charge in [-0.2, -0.15) is 0 Å². The molecule has 2 heterocycles. The monoisotopic (exact) mass is 279 g/mol. The Morgan fingerprint density at radius 1 is 1.60 bits per heavy atom. The summed E-state index contributed by atoms with van der Waals surface area (Å²) in [4.78, 5) is 21.6. The van der Waals surface area contributed by atoms with Gasteiger partial charge in [-0.25, -0.2) is 4.98 Å². The first-order valence-electron chi connectivity index (χ1n) is 7.19. The number of aromatic nitrogens is 2. The van der Waals surface area contributed by atoms with Crippen molar-refractivity contribution in [3.8, 4) is 0 Å². The van der Waals surface area contributed by atoms with Gasteiger partial charge < -0.3 is 19.7 Å². The van der Waals surface area contributed by atoms with E-state index in [0.717, 1.165) is 24.2 Å². The number of morpholine rings is 1. The van der Waals surface area contributed by atoms with Crippen LogP contribution in [0.3, 0.4) is 0 Å². The first kappa shape index (κ1) is 13.6. The minimum absolute atomic E-state index is 0.0881. The Labute approximate surface area is 118 Å². The summed E-state index contributed by atoms with van der Waals surface area (Å²) in [5.74, 6) is 0.364. The molecular formula is C14H21N3O3. The molecule has 110 valence electrons. The van der Waals surface area contributed by atoms with Gasteiger partial charge in [-0.05, 0) is 25.7 Å². The van der Waals surface area contributed by atoms with Crippen molar-refractivity contribution in [2.24, 2.45) is 5.92 Å². The van der Waals surface area contributed by atoms with E-state index in [1.54, 1.807) is 6.33 Å². The maximum Gasteiger partial charge on any atom is 0.229 e. The molecule has 0 spiro atoms. The summed E-state index contributed by atoms with van der Waals surface area (Å²) in [5.41, 5.74) is 1.76. The molecule has 0 bridgehead atoms. The van der Waals surface area contributed by atoms with Gasteiger partial charge >= 0.3 is 0 Å². The molecule has 2 N–H and O–H groups in total. The number of ether oxygens (including phenoxy) is 1. The maximum atomic E-state index is 12.5. The van der Waals surface area contributed by atoms with E-state index in [9.17, 15) is 9.90 Å². The number of imidazole rings is 1. The number of aromatic amines is 1. The standard InChI is InChI=1S/C14H21N3O3/c1-9-11(16-8-15-9)6-14(19)17-2-3-20-13-5-10(7-18)4-12(13)17/h8,10,12-13,18H,2-7H2,1H3,(H,15,16)/t10-,12+,13+/m1/s1. The van der Waals surface area contributed by atoms with E-state index in [1.165, 1.54) is 0 Å². The second-order valence-electron chi connectivity index (χ2n) is 5.73. The van der Waals surface area contributed by atoms with Gasteiger partial charge in [0, 0.05) is 18.8 Å². The van der Waals surface area contributed by atoms with Gasteiger partial charge in [0.05, 0.1) is 37.2 Å². The van der Waals surface area contributed by atoms with Crippen LogP contribution < -0.4 is 0 Å². The van der Waals surface area contributed by atoms with Crippen molar-refractivity contribution in [3.63, 3.8) is 0 Å². The summed E-state index contributed by atoms with van der Waals surface area (Å²) in [5, 5.41) is 9.31.